The number of nitrogens with zero attached hydrogens (tertiary/aromatic N) is 1. The molecule has 0 fully saturated rings. The van der Waals surface area contributed by atoms with E-state index in [9.17, 15) is 0 Å². The minimum atomic E-state index is 0.115. The molecule has 0 radical (unpaired) electrons. The van der Waals surface area contributed by atoms with Crippen LogP contribution in [0, 0.1) is 0 Å². The third-order valence-electron chi connectivity index (χ3n) is 0.636. The maximum absolute atomic E-state index is 8.71. The highest BCUT2D eigenvalue weighted by molar-refractivity contribution is 7.18. The summed E-state index contributed by atoms with van der Waals surface area (Å²) in [4.78, 5) is 0. The second-order valence-corrected chi connectivity index (χ2v) is 4.37. The van der Waals surface area contributed by atoms with E-state index < -0.39 is 0 Å². The third-order valence-corrected chi connectivity index (χ3v) is 0.819. The van der Waals surface area contributed by atoms with Gasteiger partial charge in [-0.3, -0.25) is 0 Å². The predicted molar refractivity (Wildman–Crippen MR) is 38.2 cm³/mol. The second kappa shape index (κ2) is 2.77. The Labute approximate surface area is 53.0 Å². The monoisotopic (exact) mass is 135 g/mol. The van der Waals surface area contributed by atoms with Gasteiger partial charge in [0.05, 0.1) is 0 Å². The summed E-state index contributed by atoms with van der Waals surface area (Å²) in [5.74, 6) is 0. The van der Waals surface area contributed by atoms with Crippen LogP contribution < -0.4 is 0 Å². The molecule has 1 unspecified atom stereocenters. The van der Waals surface area contributed by atoms with Gasteiger partial charge in [0.1, 0.15) is 0 Å². The van der Waals surface area contributed by atoms with E-state index in [1.165, 1.54) is 5.06 Å². The predicted octanol–water partition coefficient (Wildman–Crippen LogP) is 0.961. The molecule has 8 heavy (non-hydrogen) atoms. The summed E-state index contributed by atoms with van der Waals surface area (Å²) in [6, 6.07) is 0. The number of hydroxylamine groups is 2. The molecule has 0 aliphatic rings. The Morgan fingerprint density at radius 1 is 1.62 bits per heavy atom. The van der Waals surface area contributed by atoms with Crippen molar-refractivity contribution in [1.82, 2.24) is 5.06 Å². The van der Waals surface area contributed by atoms with Crippen molar-refractivity contribution in [2.75, 3.05) is 13.6 Å². The molecule has 0 aromatic heterocycles. The Morgan fingerprint density at radius 3 is 2.00 bits per heavy atom. The van der Waals surface area contributed by atoms with Crippen LogP contribution in [0.3, 0.4) is 0 Å². The summed E-state index contributed by atoms with van der Waals surface area (Å²) in [6.45, 7) is 4.77. The molecule has 0 saturated carbocycles. The summed E-state index contributed by atoms with van der Waals surface area (Å²) < 4.78 is 0. The Bertz CT molecular complexity index is 67.3. The van der Waals surface area contributed by atoms with Crippen molar-refractivity contribution in [2.24, 2.45) is 0 Å². The van der Waals surface area contributed by atoms with E-state index in [0.29, 0.717) is 6.54 Å². The summed E-state index contributed by atoms with van der Waals surface area (Å²) in [6.07, 6.45) is 0. The van der Waals surface area contributed by atoms with E-state index in [1.54, 1.807) is 7.05 Å². The quantitative estimate of drug-likeness (QED) is 0.450. The lowest BCUT2D eigenvalue weighted by Crippen LogP contribution is -2.28. The van der Waals surface area contributed by atoms with Crippen LogP contribution in [0.4, 0.5) is 0 Å². The van der Waals surface area contributed by atoms with Crippen LogP contribution in [0.2, 0.25) is 0 Å². The summed E-state index contributed by atoms with van der Waals surface area (Å²) in [5, 5.41) is 10.0. The molecule has 0 heterocycles. The molecule has 0 bridgehead atoms. The lowest BCUT2D eigenvalue weighted by atomic mass is 10.2. The van der Waals surface area contributed by atoms with Gasteiger partial charge in [0, 0.05) is 13.6 Å². The zero-order valence-corrected chi connectivity index (χ0v) is 6.83. The Balaban J connectivity index is 3.39. The van der Waals surface area contributed by atoms with Gasteiger partial charge in [-0.2, -0.15) is 5.06 Å². The first kappa shape index (κ1) is 8.35. The van der Waals surface area contributed by atoms with Gasteiger partial charge in [0.15, 0.2) is 0 Å². The minimum absolute atomic E-state index is 0.115. The Morgan fingerprint density at radius 2 is 2.00 bits per heavy atom. The molecular weight excluding hydrogens is 121 g/mol. The fourth-order valence-electron chi connectivity index (χ4n) is 0.590. The second-order valence-electron chi connectivity index (χ2n) is 2.80. The lowest BCUT2D eigenvalue weighted by Gasteiger charge is -2.20. The Hall–Kier alpha value is 0.350. The molecule has 0 aromatic carbocycles. The van der Waals surface area contributed by atoms with Crippen LogP contribution in [0.1, 0.15) is 13.8 Å². The number of rotatable bonds is 2. The molecule has 0 rings (SSSR count). The van der Waals surface area contributed by atoms with Crippen LogP contribution in [0.5, 0.6) is 0 Å². The van der Waals surface area contributed by atoms with Gasteiger partial charge in [0.2, 0.25) is 0 Å². The van der Waals surface area contributed by atoms with E-state index in [-0.39, 0.29) is 5.16 Å². The molecule has 0 amide bonds. The molecule has 50 valence electrons. The van der Waals surface area contributed by atoms with Gasteiger partial charge in [-0.25, -0.2) is 0 Å². The van der Waals surface area contributed by atoms with Gasteiger partial charge < -0.3 is 5.21 Å². The molecule has 1 atom stereocenters. The SMILES string of the molecule is CN(O)CC(C)(C)P. The van der Waals surface area contributed by atoms with Gasteiger partial charge in [-0.05, 0) is 5.16 Å². The summed E-state index contributed by atoms with van der Waals surface area (Å²) in [7, 11) is 4.30. The van der Waals surface area contributed by atoms with Crippen LogP contribution in [-0.2, 0) is 0 Å². The van der Waals surface area contributed by atoms with Crippen molar-refractivity contribution in [3.8, 4) is 0 Å². The molecule has 0 aliphatic carbocycles. The zero-order valence-electron chi connectivity index (χ0n) is 5.68. The van der Waals surface area contributed by atoms with E-state index in [0.717, 1.165) is 0 Å². The topological polar surface area (TPSA) is 23.5 Å². The molecule has 1 N–H and O–H groups in total. The largest absolute Gasteiger partial charge is 0.314 e. The maximum atomic E-state index is 8.71. The van der Waals surface area contributed by atoms with Crippen molar-refractivity contribution >= 4 is 9.24 Å². The third kappa shape index (κ3) is 6.35. The van der Waals surface area contributed by atoms with Gasteiger partial charge in [0.25, 0.3) is 0 Å². The fraction of sp³-hybridized carbons (Fsp3) is 1.00. The molecule has 2 nitrogen and oxygen atoms in total. The van der Waals surface area contributed by atoms with E-state index in [1.807, 2.05) is 13.8 Å². The highest BCUT2D eigenvalue weighted by Gasteiger charge is 2.11. The number of hydrogen-bond acceptors (Lipinski definition) is 2. The van der Waals surface area contributed by atoms with Gasteiger partial charge in [-0.15, -0.1) is 9.24 Å². The summed E-state index contributed by atoms with van der Waals surface area (Å²) in [5.41, 5.74) is 0. The minimum Gasteiger partial charge on any atom is -0.314 e. The van der Waals surface area contributed by atoms with E-state index >= 15 is 0 Å². The molecule has 0 saturated heterocycles. The average molecular weight is 135 g/mol. The molecule has 0 aromatic rings. The van der Waals surface area contributed by atoms with E-state index in [4.69, 9.17) is 5.21 Å². The normalized spacial score (nSPS) is 12.8. The Kier molecular flexibility index (Phi) is 2.89. The first-order chi connectivity index (χ1) is 3.42. The molecule has 0 spiro atoms. The first-order valence-corrected chi connectivity index (χ1v) is 3.18. The van der Waals surface area contributed by atoms with Crippen LogP contribution in [0.25, 0.3) is 0 Å². The first-order valence-electron chi connectivity index (χ1n) is 2.61. The highest BCUT2D eigenvalue weighted by Crippen LogP contribution is 2.15. The lowest BCUT2D eigenvalue weighted by molar-refractivity contribution is -0.0693. The zero-order chi connectivity index (χ0) is 6.78. The van der Waals surface area contributed by atoms with Crippen molar-refractivity contribution in [3.63, 3.8) is 0 Å². The van der Waals surface area contributed by atoms with Crippen molar-refractivity contribution < 1.29 is 5.21 Å². The average Bonchev–Trinajstić information content (AvgIpc) is 1.21. The highest BCUT2D eigenvalue weighted by atomic mass is 31.0. The van der Waals surface area contributed by atoms with E-state index in [2.05, 4.69) is 9.24 Å². The molecule has 0 aliphatic heterocycles. The van der Waals surface area contributed by atoms with Crippen LogP contribution >= 0.6 is 9.24 Å². The van der Waals surface area contributed by atoms with Gasteiger partial charge >= 0.3 is 0 Å². The number of hydrogen-bond donors (Lipinski definition) is 1. The summed E-state index contributed by atoms with van der Waals surface area (Å²) >= 11 is 0. The molecule has 3 heteroatoms. The van der Waals surface area contributed by atoms with Gasteiger partial charge in [-0.1, -0.05) is 13.8 Å². The maximum Gasteiger partial charge on any atom is 0.0320 e. The smallest absolute Gasteiger partial charge is 0.0320 e. The van der Waals surface area contributed by atoms with Crippen LogP contribution in [0.15, 0.2) is 0 Å². The van der Waals surface area contributed by atoms with Crippen molar-refractivity contribution in [2.45, 2.75) is 19.0 Å². The van der Waals surface area contributed by atoms with Crippen molar-refractivity contribution in [3.05, 3.63) is 0 Å². The fourth-order valence-corrected chi connectivity index (χ4v) is 0.854. The van der Waals surface area contributed by atoms with Crippen molar-refractivity contribution in [1.29, 1.82) is 0 Å². The van der Waals surface area contributed by atoms with Crippen LogP contribution in [-0.4, -0.2) is 29.0 Å². The molecular formula is C5H14NOP. The standard InChI is InChI=1S/C5H14NOP/c1-5(2,8)4-6(3)7/h7H,4,8H2,1-3H3.